The highest BCUT2D eigenvalue weighted by atomic mass is 19.4. The molecule has 1 aliphatic carbocycles. The van der Waals surface area contributed by atoms with Crippen molar-refractivity contribution >= 4 is 17.1 Å². The molecular weight excluding hydrogens is 421 g/mol. The number of hydrogen-bond acceptors (Lipinski definition) is 5. The molecule has 2 aromatic heterocycles. The third-order valence-corrected chi connectivity index (χ3v) is 5.83. The van der Waals surface area contributed by atoms with Crippen LogP contribution in [0.15, 0.2) is 36.7 Å². The van der Waals surface area contributed by atoms with Crippen LogP contribution in [0.4, 0.5) is 13.2 Å². The predicted molar refractivity (Wildman–Crippen MR) is 110 cm³/mol. The van der Waals surface area contributed by atoms with Crippen molar-refractivity contribution in [3.05, 3.63) is 59.1 Å². The van der Waals surface area contributed by atoms with Crippen molar-refractivity contribution in [2.75, 3.05) is 13.2 Å². The fourth-order valence-corrected chi connectivity index (χ4v) is 4.16. The zero-order valence-corrected chi connectivity index (χ0v) is 17.0. The molecule has 0 radical (unpaired) electrons. The molecule has 6 nitrogen and oxygen atoms in total. The number of rotatable bonds is 4. The largest absolute Gasteiger partial charge is 0.484 e. The molecule has 0 N–H and O–H groups in total. The molecule has 0 bridgehead atoms. The molecule has 1 atom stereocenters. The van der Waals surface area contributed by atoms with Crippen LogP contribution in [0.5, 0.6) is 5.75 Å². The van der Waals surface area contributed by atoms with Crippen LogP contribution in [-0.4, -0.2) is 28.0 Å². The second-order valence-electron chi connectivity index (χ2n) is 7.97. The predicted octanol–water partition coefficient (Wildman–Crippen LogP) is 4.90. The van der Waals surface area contributed by atoms with Crippen molar-refractivity contribution in [2.24, 2.45) is 5.92 Å². The zero-order valence-electron chi connectivity index (χ0n) is 17.0. The monoisotopic (exact) mass is 440 g/mol. The fraction of sp³-hybridized carbons (Fsp3) is 0.348. The van der Waals surface area contributed by atoms with Gasteiger partial charge in [0.2, 0.25) is 0 Å². The maximum Gasteiger partial charge on any atom is 0.418 e. The summed E-state index contributed by atoms with van der Waals surface area (Å²) in [4.78, 5) is 4.19. The Balaban J connectivity index is 1.46. The number of hydrogen-bond donors (Lipinski definition) is 0. The van der Waals surface area contributed by atoms with Crippen LogP contribution in [0.1, 0.15) is 41.3 Å². The molecule has 1 fully saturated rings. The molecule has 0 amide bonds. The maximum absolute atomic E-state index is 13.7. The molecule has 5 rings (SSSR count). The molecule has 1 aliphatic heterocycles. The lowest BCUT2D eigenvalue weighted by molar-refractivity contribution is -0.138. The number of ether oxygens (including phenoxy) is 2. The Hall–Kier alpha value is -3.38. The van der Waals surface area contributed by atoms with E-state index >= 15 is 0 Å². The molecule has 32 heavy (non-hydrogen) atoms. The van der Waals surface area contributed by atoms with Crippen LogP contribution in [0.25, 0.3) is 17.1 Å². The van der Waals surface area contributed by atoms with Crippen molar-refractivity contribution in [1.82, 2.24) is 14.8 Å². The van der Waals surface area contributed by atoms with Crippen LogP contribution >= 0.6 is 0 Å². The minimum atomic E-state index is -4.62. The molecule has 1 aromatic carbocycles. The van der Waals surface area contributed by atoms with Gasteiger partial charge in [-0.1, -0.05) is 6.08 Å². The van der Waals surface area contributed by atoms with Crippen LogP contribution in [0, 0.1) is 17.2 Å². The van der Waals surface area contributed by atoms with Gasteiger partial charge in [0.25, 0.3) is 0 Å². The summed E-state index contributed by atoms with van der Waals surface area (Å²) in [5, 5.41) is 14.4. The minimum Gasteiger partial charge on any atom is -0.484 e. The summed E-state index contributed by atoms with van der Waals surface area (Å²) >= 11 is 0. The summed E-state index contributed by atoms with van der Waals surface area (Å²) in [7, 11) is 0. The van der Waals surface area contributed by atoms with E-state index in [9.17, 15) is 13.2 Å². The fourth-order valence-electron chi connectivity index (χ4n) is 4.16. The van der Waals surface area contributed by atoms with E-state index in [0.717, 1.165) is 17.1 Å². The van der Waals surface area contributed by atoms with E-state index in [0.29, 0.717) is 37.7 Å². The lowest BCUT2D eigenvalue weighted by Crippen LogP contribution is -2.25. The van der Waals surface area contributed by atoms with E-state index in [1.807, 2.05) is 24.4 Å². The molecule has 0 saturated carbocycles. The van der Waals surface area contributed by atoms with E-state index in [1.165, 1.54) is 0 Å². The Morgan fingerprint density at radius 3 is 2.81 bits per heavy atom. The van der Waals surface area contributed by atoms with Gasteiger partial charge in [-0.3, -0.25) is 4.98 Å². The summed E-state index contributed by atoms with van der Waals surface area (Å²) in [6, 6.07) is 7.09. The SMILES string of the molecule is N#Cc1cnc2c(c1C(F)(F)F)CCCC2Oc1ccc2cnn(C=CC3COC3)c2c1. The Morgan fingerprint density at radius 1 is 1.25 bits per heavy atom. The number of pyridine rings is 1. The van der Waals surface area contributed by atoms with Gasteiger partial charge in [0, 0.05) is 29.8 Å². The number of fused-ring (bicyclic) bond motifs is 2. The Labute approximate surface area is 181 Å². The summed E-state index contributed by atoms with van der Waals surface area (Å²) in [5.74, 6) is 0.900. The van der Waals surface area contributed by atoms with Crippen molar-refractivity contribution in [1.29, 1.82) is 5.26 Å². The topological polar surface area (TPSA) is 73.0 Å². The summed E-state index contributed by atoms with van der Waals surface area (Å²) < 4.78 is 54.1. The van der Waals surface area contributed by atoms with Crippen LogP contribution in [0.3, 0.4) is 0 Å². The summed E-state index contributed by atoms with van der Waals surface area (Å²) in [5.41, 5.74) is -0.202. The summed E-state index contributed by atoms with van der Waals surface area (Å²) in [6.07, 6.45) is 2.70. The van der Waals surface area contributed by atoms with Crippen LogP contribution < -0.4 is 4.74 Å². The molecule has 9 heteroatoms. The normalized spacial score (nSPS) is 19.0. The lowest BCUT2D eigenvalue weighted by Gasteiger charge is -2.28. The van der Waals surface area contributed by atoms with Gasteiger partial charge in [-0.2, -0.15) is 23.5 Å². The Kier molecular flexibility index (Phi) is 5.10. The number of alkyl halides is 3. The van der Waals surface area contributed by atoms with Gasteiger partial charge in [0.15, 0.2) is 0 Å². The Bertz CT molecular complexity index is 1240. The average molecular weight is 440 g/mol. The summed E-state index contributed by atoms with van der Waals surface area (Å²) in [6.45, 7) is 1.40. The minimum absolute atomic E-state index is 0.0598. The van der Waals surface area contributed by atoms with Crippen molar-refractivity contribution in [3.63, 3.8) is 0 Å². The molecule has 2 aliphatic rings. The molecule has 3 aromatic rings. The van der Waals surface area contributed by atoms with E-state index in [4.69, 9.17) is 14.7 Å². The quantitative estimate of drug-likeness (QED) is 0.577. The van der Waals surface area contributed by atoms with Gasteiger partial charge in [0.05, 0.1) is 41.7 Å². The van der Waals surface area contributed by atoms with Crippen LogP contribution in [0.2, 0.25) is 0 Å². The van der Waals surface area contributed by atoms with E-state index in [2.05, 4.69) is 10.1 Å². The highest BCUT2D eigenvalue weighted by Gasteiger charge is 2.40. The molecule has 0 spiro atoms. The lowest BCUT2D eigenvalue weighted by atomic mass is 9.88. The van der Waals surface area contributed by atoms with Crippen molar-refractivity contribution in [2.45, 2.75) is 31.5 Å². The second kappa shape index (κ2) is 7.95. The van der Waals surface area contributed by atoms with Gasteiger partial charge in [-0.05, 0) is 37.0 Å². The maximum atomic E-state index is 13.7. The van der Waals surface area contributed by atoms with Gasteiger partial charge >= 0.3 is 6.18 Å². The first-order valence-electron chi connectivity index (χ1n) is 10.3. The van der Waals surface area contributed by atoms with Gasteiger partial charge in [-0.15, -0.1) is 0 Å². The van der Waals surface area contributed by atoms with Gasteiger partial charge in [-0.25, -0.2) is 4.68 Å². The Morgan fingerprint density at radius 2 is 2.09 bits per heavy atom. The first kappa shape index (κ1) is 20.5. The third kappa shape index (κ3) is 3.71. The first-order chi connectivity index (χ1) is 15.4. The highest BCUT2D eigenvalue weighted by Crippen LogP contribution is 2.41. The third-order valence-electron chi connectivity index (χ3n) is 5.83. The van der Waals surface area contributed by atoms with Gasteiger partial charge in [0.1, 0.15) is 17.9 Å². The first-order valence-corrected chi connectivity index (χ1v) is 10.3. The number of benzene rings is 1. The average Bonchev–Trinajstić information content (AvgIpc) is 3.13. The van der Waals surface area contributed by atoms with Crippen LogP contribution in [-0.2, 0) is 17.3 Å². The second-order valence-corrected chi connectivity index (χ2v) is 7.97. The van der Waals surface area contributed by atoms with E-state index in [-0.39, 0.29) is 17.7 Å². The van der Waals surface area contributed by atoms with Gasteiger partial charge < -0.3 is 9.47 Å². The number of halogens is 3. The van der Waals surface area contributed by atoms with E-state index < -0.39 is 23.4 Å². The van der Waals surface area contributed by atoms with E-state index in [1.54, 1.807) is 23.0 Å². The number of nitrogens with zero attached hydrogens (tertiary/aromatic N) is 4. The number of nitriles is 1. The standard InChI is InChI=1S/C23H19F3N4O2/c24-23(25,26)21-16(9-27)10-28-22-18(21)2-1-3-20(22)32-17-5-4-15-11-29-30(19(15)8-17)7-6-14-12-31-13-14/h4-8,10-11,14,20H,1-3,12-13H2. The van der Waals surface area contributed by atoms with Crippen molar-refractivity contribution < 1.29 is 22.6 Å². The molecule has 164 valence electrons. The number of aromatic nitrogens is 3. The molecule has 1 unspecified atom stereocenters. The molecular formula is C23H19F3N4O2. The highest BCUT2D eigenvalue weighted by molar-refractivity contribution is 5.81. The van der Waals surface area contributed by atoms with Crippen molar-refractivity contribution in [3.8, 4) is 11.8 Å². The molecule has 3 heterocycles. The zero-order chi connectivity index (χ0) is 22.3. The smallest absolute Gasteiger partial charge is 0.418 e. The molecule has 1 saturated heterocycles.